The van der Waals surface area contributed by atoms with E-state index in [1.165, 1.54) is 17.1 Å². The Morgan fingerprint density at radius 3 is 2.03 bits per heavy atom. The third-order valence-corrected chi connectivity index (χ3v) is 6.15. The number of carboxylic acid groups (broad SMARTS) is 1. The van der Waals surface area contributed by atoms with Gasteiger partial charge in [-0.1, -0.05) is 0 Å². The lowest BCUT2D eigenvalue weighted by molar-refractivity contribution is -0.137. The minimum atomic E-state index is -0.898. The fourth-order valence-electron chi connectivity index (χ4n) is 4.35. The highest BCUT2D eigenvalue weighted by molar-refractivity contribution is 6.12. The number of hydrogen-bond acceptors (Lipinski definition) is 6. The maximum absolute atomic E-state index is 11.6. The number of nitrogens with zero attached hydrogens (tertiary/aromatic N) is 2. The topological polar surface area (TPSA) is 106 Å². The summed E-state index contributed by atoms with van der Waals surface area (Å²) in [6.45, 7) is 3.25. The lowest BCUT2D eigenvalue weighted by atomic mass is 10.1. The van der Waals surface area contributed by atoms with Crippen LogP contribution < -0.4 is 0 Å². The summed E-state index contributed by atoms with van der Waals surface area (Å²) in [5.41, 5.74) is 0. The molecular weight excluding hydrogens is 416 g/mol. The molecule has 9 heteroatoms. The molecule has 1 fully saturated rings. The zero-order valence-electron chi connectivity index (χ0n) is 18.4. The Morgan fingerprint density at radius 2 is 1.47 bits per heavy atom. The molecule has 3 atom stereocenters. The van der Waals surface area contributed by atoms with Crippen LogP contribution in [0.1, 0.15) is 25.7 Å². The molecule has 1 aliphatic heterocycles. The van der Waals surface area contributed by atoms with Gasteiger partial charge in [-0.05, 0) is 30.6 Å². The van der Waals surface area contributed by atoms with Crippen LogP contribution in [-0.4, -0.2) is 92.1 Å². The molecule has 1 unspecified atom stereocenters. The van der Waals surface area contributed by atoms with Crippen LogP contribution in [0, 0.1) is 29.6 Å². The van der Waals surface area contributed by atoms with Crippen LogP contribution in [0.25, 0.3) is 0 Å². The van der Waals surface area contributed by atoms with Gasteiger partial charge in [-0.2, -0.15) is 0 Å². The largest absolute Gasteiger partial charge is 0.465 e. The molecule has 9 nitrogen and oxygen atoms in total. The Balaban J connectivity index is 1.16. The van der Waals surface area contributed by atoms with Crippen LogP contribution in [0.3, 0.4) is 0 Å². The van der Waals surface area contributed by atoms with E-state index in [-0.39, 0.29) is 25.0 Å². The molecule has 32 heavy (non-hydrogen) atoms. The normalized spacial score (nSPS) is 23.9. The summed E-state index contributed by atoms with van der Waals surface area (Å²) in [6.07, 6.45) is 5.61. The second kappa shape index (κ2) is 12.6. The molecule has 2 aliphatic carbocycles. The summed E-state index contributed by atoms with van der Waals surface area (Å²) < 4.78 is 16.3. The van der Waals surface area contributed by atoms with Crippen LogP contribution in [0.5, 0.6) is 0 Å². The maximum atomic E-state index is 11.6. The van der Waals surface area contributed by atoms with Crippen molar-refractivity contribution in [3.8, 4) is 11.8 Å². The second-order valence-corrected chi connectivity index (χ2v) is 8.15. The third-order valence-electron chi connectivity index (χ3n) is 6.15. The van der Waals surface area contributed by atoms with Crippen molar-refractivity contribution in [1.29, 1.82) is 0 Å². The first-order valence-electron chi connectivity index (χ1n) is 11.3. The van der Waals surface area contributed by atoms with E-state index in [0.717, 1.165) is 30.6 Å². The summed E-state index contributed by atoms with van der Waals surface area (Å²) in [4.78, 5) is 36.9. The van der Waals surface area contributed by atoms with E-state index >= 15 is 0 Å². The molecule has 1 heterocycles. The zero-order chi connectivity index (χ0) is 22.8. The van der Waals surface area contributed by atoms with E-state index in [1.807, 2.05) is 0 Å². The highest BCUT2D eigenvalue weighted by Crippen LogP contribution is 2.52. The zero-order valence-corrected chi connectivity index (χ0v) is 18.4. The van der Waals surface area contributed by atoms with E-state index in [1.54, 1.807) is 0 Å². The molecule has 3 aliphatic rings. The minimum Gasteiger partial charge on any atom is -0.465 e. The van der Waals surface area contributed by atoms with Crippen molar-refractivity contribution in [2.75, 3.05) is 59.3 Å². The summed E-state index contributed by atoms with van der Waals surface area (Å²) in [6, 6.07) is 0. The average molecular weight is 449 g/mol. The van der Waals surface area contributed by atoms with Crippen molar-refractivity contribution in [2.24, 2.45) is 17.8 Å². The molecule has 176 valence electrons. The van der Waals surface area contributed by atoms with Gasteiger partial charge in [-0.25, -0.2) is 4.79 Å². The van der Waals surface area contributed by atoms with Gasteiger partial charge in [0.1, 0.15) is 0 Å². The van der Waals surface area contributed by atoms with Crippen LogP contribution in [0.4, 0.5) is 4.79 Å². The highest BCUT2D eigenvalue weighted by Gasteiger charge is 2.49. The van der Waals surface area contributed by atoms with Crippen molar-refractivity contribution in [2.45, 2.75) is 25.7 Å². The highest BCUT2D eigenvalue weighted by atomic mass is 16.5. The molecule has 0 radical (unpaired) electrons. The molecule has 3 amide bonds. The molecule has 0 bridgehead atoms. The Morgan fingerprint density at radius 1 is 0.938 bits per heavy atom. The summed E-state index contributed by atoms with van der Waals surface area (Å²) in [5.74, 6) is 7.42. The van der Waals surface area contributed by atoms with Crippen molar-refractivity contribution >= 4 is 17.9 Å². The molecule has 0 aromatic carbocycles. The molecule has 0 spiro atoms. The number of rotatable bonds is 14. The maximum Gasteiger partial charge on any atom is 0.407 e. The van der Waals surface area contributed by atoms with E-state index in [0.29, 0.717) is 63.9 Å². The predicted molar refractivity (Wildman–Crippen MR) is 115 cm³/mol. The van der Waals surface area contributed by atoms with Crippen molar-refractivity contribution < 1.29 is 33.7 Å². The number of ether oxygens (including phenoxy) is 3. The van der Waals surface area contributed by atoms with Crippen LogP contribution in [0.2, 0.25) is 0 Å². The first-order valence-corrected chi connectivity index (χ1v) is 11.3. The number of carbonyl (C=O) groups excluding carboxylic acids is 2. The SMILES string of the molecule is O=C(O)N(CCOCCOCCOCCN1C(=O)C=CC1=O)CC1[C@H]2CCC#CCC[C@@H]12. The van der Waals surface area contributed by atoms with Crippen LogP contribution in [0.15, 0.2) is 12.2 Å². The van der Waals surface area contributed by atoms with Gasteiger partial charge in [0.05, 0.1) is 46.2 Å². The van der Waals surface area contributed by atoms with Gasteiger partial charge in [0.15, 0.2) is 0 Å². The van der Waals surface area contributed by atoms with E-state index in [9.17, 15) is 19.5 Å². The molecule has 1 N–H and O–H groups in total. The van der Waals surface area contributed by atoms with Gasteiger partial charge in [0.2, 0.25) is 0 Å². The van der Waals surface area contributed by atoms with Crippen molar-refractivity contribution in [3.05, 3.63) is 12.2 Å². The van der Waals surface area contributed by atoms with Gasteiger partial charge in [-0.3, -0.25) is 14.5 Å². The van der Waals surface area contributed by atoms with E-state index in [4.69, 9.17) is 14.2 Å². The lowest BCUT2D eigenvalue weighted by Crippen LogP contribution is -2.35. The molecule has 0 aromatic rings. The van der Waals surface area contributed by atoms with Gasteiger partial charge in [0, 0.05) is 38.1 Å². The second-order valence-electron chi connectivity index (χ2n) is 8.15. The molecule has 0 aromatic heterocycles. The molecular formula is C23H32N2O7. The first kappa shape index (κ1) is 24.2. The van der Waals surface area contributed by atoms with Crippen molar-refractivity contribution in [3.63, 3.8) is 0 Å². The Hall–Kier alpha value is -2.41. The molecule has 0 saturated heterocycles. The van der Waals surface area contributed by atoms with E-state index in [2.05, 4.69) is 11.8 Å². The molecule has 1 saturated carbocycles. The van der Waals surface area contributed by atoms with Gasteiger partial charge < -0.3 is 24.2 Å². The average Bonchev–Trinajstić information content (AvgIpc) is 3.27. The van der Waals surface area contributed by atoms with Gasteiger partial charge >= 0.3 is 6.09 Å². The number of fused-ring (bicyclic) bond motifs is 1. The fraction of sp³-hybridized carbons (Fsp3) is 0.696. The first-order chi connectivity index (χ1) is 15.6. The van der Waals surface area contributed by atoms with Crippen LogP contribution >= 0.6 is 0 Å². The van der Waals surface area contributed by atoms with Gasteiger partial charge in [-0.15, -0.1) is 11.8 Å². The summed E-state index contributed by atoms with van der Waals surface area (Å²) in [5, 5.41) is 9.50. The lowest BCUT2D eigenvalue weighted by Gasteiger charge is -2.19. The number of amides is 3. The number of imide groups is 1. The summed E-state index contributed by atoms with van der Waals surface area (Å²) >= 11 is 0. The fourth-order valence-corrected chi connectivity index (χ4v) is 4.35. The van der Waals surface area contributed by atoms with Crippen LogP contribution in [-0.2, 0) is 23.8 Å². The quantitative estimate of drug-likeness (QED) is 0.243. The third kappa shape index (κ3) is 7.33. The number of hydrogen-bond donors (Lipinski definition) is 1. The van der Waals surface area contributed by atoms with Crippen molar-refractivity contribution in [1.82, 2.24) is 9.80 Å². The predicted octanol–water partition coefficient (Wildman–Crippen LogP) is 1.38. The Bertz CT molecular complexity index is 721. The monoisotopic (exact) mass is 448 g/mol. The Labute approximate surface area is 188 Å². The smallest absolute Gasteiger partial charge is 0.407 e. The standard InChI is InChI=1S/C23H32N2O7/c26-21-7-8-22(27)25(21)10-12-31-14-16-32-15-13-30-11-9-24(23(28)29)17-20-18-5-3-1-2-4-6-19(18)20/h7-8,18-20H,3-6,9-17H2,(H,28,29)/t18-,19+,20?. The van der Waals surface area contributed by atoms with Gasteiger partial charge in [0.25, 0.3) is 11.8 Å². The van der Waals surface area contributed by atoms with E-state index < -0.39 is 6.09 Å². The Kier molecular flexibility index (Phi) is 9.53. The minimum absolute atomic E-state index is 0.226. The molecule has 3 rings (SSSR count). The summed E-state index contributed by atoms with van der Waals surface area (Å²) in [7, 11) is 0. The number of carbonyl (C=O) groups is 3.